The van der Waals surface area contributed by atoms with Gasteiger partial charge in [0.25, 0.3) is 0 Å². The second-order valence-corrected chi connectivity index (χ2v) is 6.82. The second kappa shape index (κ2) is 6.21. The lowest BCUT2D eigenvalue weighted by Crippen LogP contribution is -2.03. The van der Waals surface area contributed by atoms with E-state index < -0.39 is 34.6 Å². The first-order valence-corrected chi connectivity index (χ1v) is 8.39. The Kier molecular flexibility index (Phi) is 4.00. The van der Waals surface area contributed by atoms with Crippen LogP contribution in [0.4, 0.5) is 22.0 Å². The zero-order valence-corrected chi connectivity index (χ0v) is 13.8. The number of fused-ring (bicyclic) bond motifs is 2. The van der Waals surface area contributed by atoms with Gasteiger partial charge in [-0.15, -0.1) is 11.3 Å². The summed E-state index contributed by atoms with van der Waals surface area (Å²) in [5.41, 5.74) is -0.955. The minimum absolute atomic E-state index is 0.638. The van der Waals surface area contributed by atoms with Gasteiger partial charge in [0, 0.05) is 9.58 Å². The Bertz CT molecular complexity index is 1110. The van der Waals surface area contributed by atoms with Gasteiger partial charge < -0.3 is 0 Å². The van der Waals surface area contributed by atoms with Crippen LogP contribution in [-0.2, 0) is 0 Å². The lowest BCUT2D eigenvalue weighted by Gasteiger charge is -2.03. The van der Waals surface area contributed by atoms with Crippen molar-refractivity contribution in [2.75, 3.05) is 0 Å². The highest BCUT2D eigenvalue weighted by molar-refractivity contribution is 7.20. The molecule has 6 heteroatoms. The van der Waals surface area contributed by atoms with Crippen LogP contribution in [0.15, 0.2) is 42.5 Å². The fraction of sp³-hybridized carbons (Fsp3) is 0. The molecule has 0 fully saturated rings. The quantitative estimate of drug-likeness (QED) is 0.202. The molecule has 3 aromatic carbocycles. The van der Waals surface area contributed by atoms with Gasteiger partial charge in [0.05, 0.1) is 5.56 Å². The van der Waals surface area contributed by atoms with Gasteiger partial charge in [-0.2, -0.15) is 0 Å². The molecule has 4 aromatic rings. The molecule has 0 spiro atoms. The number of hydrogen-bond acceptors (Lipinski definition) is 1. The Hall–Kier alpha value is -2.73. The van der Waals surface area contributed by atoms with Gasteiger partial charge in [0.1, 0.15) is 0 Å². The molecule has 0 radical (unpaired) electrons. The minimum atomic E-state index is -2.16. The third-order valence-electron chi connectivity index (χ3n) is 4.06. The molecule has 26 heavy (non-hydrogen) atoms. The third kappa shape index (κ3) is 2.66. The molecular formula is C20H9F5S. The van der Waals surface area contributed by atoms with Gasteiger partial charge in [-0.05, 0) is 46.5 Å². The molecule has 0 aliphatic heterocycles. The summed E-state index contributed by atoms with van der Waals surface area (Å²) in [4.78, 5) is 0.638. The average Bonchev–Trinajstić information content (AvgIpc) is 3.04. The van der Waals surface area contributed by atoms with E-state index in [2.05, 4.69) is 0 Å². The van der Waals surface area contributed by atoms with Crippen molar-refractivity contribution < 1.29 is 22.0 Å². The van der Waals surface area contributed by atoms with Gasteiger partial charge >= 0.3 is 0 Å². The van der Waals surface area contributed by atoms with E-state index in [0.29, 0.717) is 4.88 Å². The lowest BCUT2D eigenvalue weighted by atomic mass is 10.1. The number of halogens is 5. The Labute approximate surface area is 148 Å². The molecule has 0 saturated carbocycles. The van der Waals surface area contributed by atoms with Crippen LogP contribution < -0.4 is 0 Å². The van der Waals surface area contributed by atoms with E-state index in [1.54, 1.807) is 6.07 Å². The molecule has 0 bridgehead atoms. The molecule has 0 amide bonds. The van der Waals surface area contributed by atoms with Crippen LogP contribution in [0.1, 0.15) is 10.4 Å². The first-order valence-electron chi connectivity index (χ1n) is 7.57. The third-order valence-corrected chi connectivity index (χ3v) is 5.12. The van der Waals surface area contributed by atoms with Gasteiger partial charge in [-0.25, -0.2) is 22.0 Å². The average molecular weight is 376 g/mol. The Morgan fingerprint density at radius 1 is 0.615 bits per heavy atom. The predicted molar refractivity (Wildman–Crippen MR) is 94.5 cm³/mol. The van der Waals surface area contributed by atoms with Gasteiger partial charge in [0.2, 0.25) is 5.82 Å². The summed E-state index contributed by atoms with van der Waals surface area (Å²) in [6, 6.07) is 13.6. The van der Waals surface area contributed by atoms with Crippen molar-refractivity contribution in [1.82, 2.24) is 0 Å². The van der Waals surface area contributed by atoms with E-state index in [1.807, 2.05) is 36.4 Å². The number of rotatable bonds is 2. The highest BCUT2D eigenvalue weighted by atomic mass is 32.1. The van der Waals surface area contributed by atoms with E-state index in [9.17, 15) is 22.0 Å². The van der Waals surface area contributed by atoms with Gasteiger partial charge in [0.15, 0.2) is 23.3 Å². The normalized spacial score (nSPS) is 11.9. The first kappa shape index (κ1) is 16.7. The fourth-order valence-corrected chi connectivity index (χ4v) is 3.76. The Morgan fingerprint density at radius 2 is 1.19 bits per heavy atom. The minimum Gasteiger partial charge on any atom is -0.203 e. The summed E-state index contributed by atoms with van der Waals surface area (Å²) >= 11 is 1.36. The molecule has 1 heterocycles. The van der Waals surface area contributed by atoms with E-state index >= 15 is 0 Å². The van der Waals surface area contributed by atoms with E-state index in [1.165, 1.54) is 17.4 Å². The largest absolute Gasteiger partial charge is 0.203 e. The van der Waals surface area contributed by atoms with Crippen LogP contribution in [0.3, 0.4) is 0 Å². The Morgan fingerprint density at radius 3 is 1.85 bits per heavy atom. The van der Waals surface area contributed by atoms with Crippen LogP contribution in [-0.4, -0.2) is 0 Å². The maximum Gasteiger partial charge on any atom is 0.200 e. The maximum atomic E-state index is 13.7. The van der Waals surface area contributed by atoms with Crippen molar-refractivity contribution in [3.63, 3.8) is 0 Å². The molecule has 0 atom stereocenters. The summed E-state index contributed by atoms with van der Waals surface area (Å²) in [7, 11) is 0. The molecular weight excluding hydrogens is 367 g/mol. The standard InChI is InChI=1S/C20H9F5S/c21-16-14(17(22)19(24)20(25)18(16)23)6-5-13-8-12-7-10-3-1-2-4-11(10)9-15(12)26-13/h1-9H/b6-5+. The van der Waals surface area contributed by atoms with Crippen LogP contribution in [0, 0.1) is 29.1 Å². The lowest BCUT2D eigenvalue weighted by molar-refractivity contribution is 0.377. The molecule has 0 nitrogen and oxygen atoms in total. The topological polar surface area (TPSA) is 0 Å². The number of benzene rings is 3. The summed E-state index contributed by atoms with van der Waals surface area (Å²) < 4.78 is 68.0. The molecule has 0 aliphatic rings. The highest BCUT2D eigenvalue weighted by Gasteiger charge is 2.24. The number of hydrogen-bond donors (Lipinski definition) is 0. The Balaban J connectivity index is 1.79. The summed E-state index contributed by atoms with van der Waals surface area (Å²) in [5, 5.41) is 3.04. The van der Waals surface area contributed by atoms with Crippen molar-refractivity contribution in [2.45, 2.75) is 0 Å². The van der Waals surface area contributed by atoms with E-state index in [0.717, 1.165) is 26.9 Å². The van der Waals surface area contributed by atoms with Crippen molar-refractivity contribution in [2.24, 2.45) is 0 Å². The molecule has 0 saturated heterocycles. The van der Waals surface area contributed by atoms with E-state index in [-0.39, 0.29) is 0 Å². The van der Waals surface area contributed by atoms with Crippen LogP contribution in [0.25, 0.3) is 33.0 Å². The molecule has 0 unspecified atom stereocenters. The summed E-state index contributed by atoms with van der Waals surface area (Å²) in [6.45, 7) is 0. The van der Waals surface area contributed by atoms with Crippen LogP contribution in [0.5, 0.6) is 0 Å². The molecule has 130 valence electrons. The summed E-state index contributed by atoms with van der Waals surface area (Å²) in [5.74, 6) is -9.75. The highest BCUT2D eigenvalue weighted by Crippen LogP contribution is 2.32. The maximum absolute atomic E-state index is 13.7. The summed E-state index contributed by atoms with van der Waals surface area (Å²) in [6.07, 6.45) is 2.24. The predicted octanol–water partition coefficient (Wildman–Crippen LogP) is 6.92. The molecule has 0 N–H and O–H groups in total. The van der Waals surface area contributed by atoms with Crippen molar-refractivity contribution in [3.8, 4) is 0 Å². The van der Waals surface area contributed by atoms with Crippen molar-refractivity contribution in [1.29, 1.82) is 0 Å². The van der Waals surface area contributed by atoms with Crippen molar-refractivity contribution >= 4 is 44.3 Å². The van der Waals surface area contributed by atoms with Crippen LogP contribution in [0.2, 0.25) is 0 Å². The smallest absolute Gasteiger partial charge is 0.200 e. The molecule has 0 aliphatic carbocycles. The zero-order chi connectivity index (χ0) is 18.4. The first-order chi connectivity index (χ1) is 12.5. The van der Waals surface area contributed by atoms with Gasteiger partial charge in [-0.1, -0.05) is 24.3 Å². The monoisotopic (exact) mass is 376 g/mol. The second-order valence-electron chi connectivity index (χ2n) is 5.70. The zero-order valence-electron chi connectivity index (χ0n) is 13.0. The number of thiophene rings is 1. The SMILES string of the molecule is Fc1c(F)c(F)c(/C=C/c2cc3cc4ccccc4cc3s2)c(F)c1F. The molecule has 4 rings (SSSR count). The van der Waals surface area contributed by atoms with E-state index in [4.69, 9.17) is 0 Å². The van der Waals surface area contributed by atoms with Crippen molar-refractivity contribution in [3.05, 3.63) is 82.0 Å². The fourth-order valence-electron chi connectivity index (χ4n) is 2.76. The van der Waals surface area contributed by atoms with Gasteiger partial charge in [-0.3, -0.25) is 0 Å². The van der Waals surface area contributed by atoms with Crippen LogP contribution >= 0.6 is 11.3 Å². The molecule has 1 aromatic heterocycles.